The molecule has 224 valence electrons. The molecule has 0 aliphatic carbocycles. The third-order valence-corrected chi connectivity index (χ3v) is 15.8. The van der Waals surface area contributed by atoms with Crippen LogP contribution in [0.3, 0.4) is 0 Å². The van der Waals surface area contributed by atoms with E-state index in [4.69, 9.17) is 9.16 Å². The maximum absolute atomic E-state index is 13.9. The second-order valence-electron chi connectivity index (χ2n) is 11.5. The van der Waals surface area contributed by atoms with Gasteiger partial charge in [-0.2, -0.15) is 0 Å². The normalized spacial score (nSPS) is 21.1. The summed E-state index contributed by atoms with van der Waals surface area (Å²) in [4.78, 5) is 52.7. The number of rotatable bonds is 10. The number of β-lactam (4-membered cyclic amide) rings is 1. The van der Waals surface area contributed by atoms with E-state index in [1.54, 1.807) is 0 Å². The third-order valence-electron chi connectivity index (χ3n) is 7.55. The molecule has 1 amide bonds. The van der Waals surface area contributed by atoms with E-state index >= 15 is 0 Å². The molecule has 0 aromatic heterocycles. The van der Waals surface area contributed by atoms with Gasteiger partial charge in [-0.05, 0) is 66.6 Å². The molecular weight excluding hydrogens is 613 g/mol. The summed E-state index contributed by atoms with van der Waals surface area (Å²) in [6, 6.07) is 15.3. The number of nitrogens with zero attached hydrogens (tertiary/aromatic N) is 2. The highest BCUT2D eigenvalue weighted by Gasteiger charge is 2.56. The summed E-state index contributed by atoms with van der Waals surface area (Å²) < 4.78 is 12.7. The standard InChI is InChI=1S/C29H34N2O7S3Si/c1-18(38-42(5,6)29(2,3)4)23-25(33)30(26(23)40-21-10-8-7-9-11-21)24(28-39-17-22(32)41-28)27(34)37-16-19-12-14-20(15-13-19)31(35)36/h7-15,18,23,26H,16-17H2,1-6H3/t18-,23+,26-/m0/s1. The molecule has 2 aliphatic rings. The Labute approximate surface area is 259 Å². The van der Waals surface area contributed by atoms with Crippen molar-refractivity contribution in [2.75, 3.05) is 5.75 Å². The molecule has 2 heterocycles. The summed E-state index contributed by atoms with van der Waals surface area (Å²) in [7, 11) is -2.21. The predicted octanol–water partition coefficient (Wildman–Crippen LogP) is 6.80. The molecule has 9 nitrogen and oxygen atoms in total. The first-order chi connectivity index (χ1) is 19.7. The fourth-order valence-electron chi connectivity index (χ4n) is 4.25. The molecule has 0 radical (unpaired) electrons. The quantitative estimate of drug-likeness (QED) is 0.0681. The van der Waals surface area contributed by atoms with Gasteiger partial charge in [-0.25, -0.2) is 4.79 Å². The Hall–Kier alpha value is -2.58. The van der Waals surface area contributed by atoms with Crippen LogP contribution in [0.1, 0.15) is 33.3 Å². The number of nitro groups is 1. The van der Waals surface area contributed by atoms with Gasteiger partial charge < -0.3 is 9.16 Å². The van der Waals surface area contributed by atoms with Crippen molar-refractivity contribution in [1.29, 1.82) is 0 Å². The molecule has 0 bridgehead atoms. The van der Waals surface area contributed by atoms with Crippen molar-refractivity contribution in [2.45, 2.75) is 68.8 Å². The Bertz CT molecular complexity index is 1390. The summed E-state index contributed by atoms with van der Waals surface area (Å²) in [5, 5.41) is 10.4. The Kier molecular flexibility index (Phi) is 9.98. The Morgan fingerprint density at radius 1 is 1.14 bits per heavy atom. The summed E-state index contributed by atoms with van der Waals surface area (Å²) in [5.41, 5.74) is 0.532. The van der Waals surface area contributed by atoms with Crippen LogP contribution in [0.4, 0.5) is 5.69 Å². The number of carbonyl (C=O) groups excluding carboxylic acids is 3. The molecular formula is C29H34N2O7S3Si. The van der Waals surface area contributed by atoms with Crippen LogP contribution in [0.2, 0.25) is 18.1 Å². The average Bonchev–Trinajstić information content (AvgIpc) is 3.35. The zero-order chi connectivity index (χ0) is 30.8. The minimum atomic E-state index is -2.21. The zero-order valence-electron chi connectivity index (χ0n) is 24.3. The smallest absolute Gasteiger partial charge is 0.357 e. The van der Waals surface area contributed by atoms with Crippen molar-refractivity contribution in [3.8, 4) is 0 Å². The minimum absolute atomic E-state index is 0.0481. The highest BCUT2D eigenvalue weighted by Crippen LogP contribution is 2.50. The van der Waals surface area contributed by atoms with Gasteiger partial charge in [-0.15, -0.1) is 11.8 Å². The van der Waals surface area contributed by atoms with Crippen LogP contribution >= 0.6 is 35.3 Å². The van der Waals surface area contributed by atoms with Gasteiger partial charge in [-0.3, -0.25) is 24.6 Å². The van der Waals surface area contributed by atoms with Crippen molar-refractivity contribution in [3.63, 3.8) is 0 Å². The summed E-state index contributed by atoms with van der Waals surface area (Å²) >= 11 is 3.62. The van der Waals surface area contributed by atoms with Gasteiger partial charge in [0.2, 0.25) is 11.0 Å². The first-order valence-electron chi connectivity index (χ1n) is 13.4. The minimum Gasteiger partial charge on any atom is -0.456 e. The van der Waals surface area contributed by atoms with Crippen LogP contribution in [-0.4, -0.2) is 52.4 Å². The van der Waals surface area contributed by atoms with Gasteiger partial charge in [0.05, 0.1) is 26.9 Å². The van der Waals surface area contributed by atoms with E-state index in [1.807, 2.05) is 37.3 Å². The van der Waals surface area contributed by atoms with E-state index < -0.39 is 36.6 Å². The van der Waals surface area contributed by atoms with Crippen LogP contribution in [-0.2, 0) is 30.2 Å². The number of thioether (sulfide) groups is 3. The lowest BCUT2D eigenvalue weighted by atomic mass is 9.92. The number of amides is 1. The molecule has 4 rings (SSSR count). The van der Waals surface area contributed by atoms with E-state index in [2.05, 4.69) is 33.9 Å². The van der Waals surface area contributed by atoms with Crippen LogP contribution in [0.25, 0.3) is 0 Å². The van der Waals surface area contributed by atoms with Crippen LogP contribution < -0.4 is 0 Å². The number of non-ortho nitro benzene ring substituents is 1. The maximum Gasteiger partial charge on any atom is 0.357 e. The van der Waals surface area contributed by atoms with Gasteiger partial charge >= 0.3 is 5.97 Å². The fraction of sp³-hybridized carbons (Fsp3) is 0.414. The van der Waals surface area contributed by atoms with Crippen LogP contribution in [0.15, 0.2) is 69.4 Å². The fourth-order valence-corrected chi connectivity index (χ4v) is 9.23. The van der Waals surface area contributed by atoms with Crippen molar-refractivity contribution in [3.05, 3.63) is 80.2 Å². The van der Waals surface area contributed by atoms with Gasteiger partial charge in [0.25, 0.3) is 5.69 Å². The molecule has 2 fully saturated rings. The SMILES string of the molecule is C[C@H](O[Si](C)(C)C(C)(C)C)[C@@H]1C(=O)N(C(C(=O)OCc2ccc([N+](=O)[O-])cc2)=C2SCC(=O)S2)[C@H]1Sc1ccccc1. The molecule has 2 aliphatic heterocycles. The number of benzene rings is 2. The highest BCUT2D eigenvalue weighted by molar-refractivity contribution is 8.34. The Balaban J connectivity index is 1.64. The summed E-state index contributed by atoms with van der Waals surface area (Å²) in [6.07, 6.45) is -0.399. The van der Waals surface area contributed by atoms with Gasteiger partial charge in [0.15, 0.2) is 14.0 Å². The first-order valence-corrected chi connectivity index (χ1v) is 19.0. The van der Waals surface area contributed by atoms with Gasteiger partial charge in [0.1, 0.15) is 12.0 Å². The molecule has 42 heavy (non-hydrogen) atoms. The largest absolute Gasteiger partial charge is 0.456 e. The van der Waals surface area contributed by atoms with E-state index in [1.165, 1.54) is 52.7 Å². The molecule has 0 unspecified atom stereocenters. The topological polar surface area (TPSA) is 116 Å². The number of hydrogen-bond acceptors (Lipinski definition) is 10. The molecule has 2 aromatic carbocycles. The van der Waals surface area contributed by atoms with Crippen molar-refractivity contribution in [1.82, 2.24) is 4.90 Å². The lowest BCUT2D eigenvalue weighted by molar-refractivity contribution is -0.384. The number of nitro benzene ring substituents is 1. The average molecular weight is 647 g/mol. The first kappa shape index (κ1) is 32.3. The van der Waals surface area contributed by atoms with E-state index in [-0.39, 0.29) is 39.8 Å². The molecule has 0 saturated carbocycles. The van der Waals surface area contributed by atoms with Gasteiger partial charge in [-0.1, -0.05) is 50.7 Å². The Morgan fingerprint density at radius 2 is 1.79 bits per heavy atom. The molecule has 0 N–H and O–H groups in total. The second kappa shape index (κ2) is 13.0. The number of hydrogen-bond donors (Lipinski definition) is 0. The Morgan fingerprint density at radius 3 is 2.33 bits per heavy atom. The third kappa shape index (κ3) is 7.13. The molecule has 2 aromatic rings. The monoisotopic (exact) mass is 646 g/mol. The molecule has 2 saturated heterocycles. The summed E-state index contributed by atoms with van der Waals surface area (Å²) in [5.74, 6) is -1.33. The van der Waals surface area contributed by atoms with E-state index in [0.717, 1.165) is 16.7 Å². The predicted molar refractivity (Wildman–Crippen MR) is 169 cm³/mol. The molecule has 13 heteroatoms. The lowest BCUT2D eigenvalue weighted by Crippen LogP contribution is -2.64. The highest BCUT2D eigenvalue weighted by atomic mass is 32.2. The second-order valence-corrected chi connectivity index (χ2v) is 19.8. The number of likely N-dealkylation sites (tertiary alicyclic amines) is 1. The van der Waals surface area contributed by atoms with Crippen molar-refractivity contribution in [2.24, 2.45) is 5.92 Å². The van der Waals surface area contributed by atoms with Crippen LogP contribution in [0.5, 0.6) is 0 Å². The number of carbonyl (C=O) groups is 3. The van der Waals surface area contributed by atoms with Gasteiger partial charge in [0, 0.05) is 17.0 Å². The van der Waals surface area contributed by atoms with E-state index in [0.29, 0.717) is 9.80 Å². The van der Waals surface area contributed by atoms with Crippen LogP contribution in [0, 0.1) is 16.0 Å². The zero-order valence-corrected chi connectivity index (χ0v) is 27.8. The molecule has 3 atom stereocenters. The summed E-state index contributed by atoms with van der Waals surface area (Å²) in [6.45, 7) is 12.5. The number of esters is 1. The molecule has 0 spiro atoms. The van der Waals surface area contributed by atoms with Crippen molar-refractivity contribution >= 4 is 66.3 Å². The lowest BCUT2D eigenvalue weighted by Gasteiger charge is -2.51. The maximum atomic E-state index is 13.9. The van der Waals surface area contributed by atoms with Crippen molar-refractivity contribution < 1.29 is 28.5 Å². The van der Waals surface area contributed by atoms with E-state index in [9.17, 15) is 24.5 Å². The number of ether oxygens (including phenoxy) is 1.